The molecule has 0 fully saturated rings. The highest BCUT2D eigenvalue weighted by Crippen LogP contribution is 2.22. The van der Waals surface area contributed by atoms with Crippen molar-refractivity contribution in [1.82, 2.24) is 20.2 Å². The topological polar surface area (TPSA) is 80.9 Å². The number of carboxylic acids is 1. The van der Waals surface area contributed by atoms with Crippen LogP contribution in [0.1, 0.15) is 5.56 Å². The Morgan fingerprint density at radius 3 is 2.95 bits per heavy atom. The van der Waals surface area contributed by atoms with E-state index in [4.69, 9.17) is 5.11 Å². The van der Waals surface area contributed by atoms with Gasteiger partial charge in [-0.1, -0.05) is 11.8 Å². The Hall–Kier alpha value is -2.03. The van der Waals surface area contributed by atoms with E-state index in [1.54, 1.807) is 0 Å². The zero-order valence-corrected chi connectivity index (χ0v) is 10.3. The lowest BCUT2D eigenvalue weighted by Crippen LogP contribution is -2.11. The van der Waals surface area contributed by atoms with E-state index in [9.17, 15) is 13.6 Å². The minimum atomic E-state index is -1.09. The highest BCUT2D eigenvalue weighted by molar-refractivity contribution is 7.98. The van der Waals surface area contributed by atoms with E-state index in [1.807, 2.05) is 0 Å². The predicted octanol–water partition coefficient (Wildman–Crippen LogP) is 1.33. The zero-order valence-electron chi connectivity index (χ0n) is 9.45. The largest absolute Gasteiger partial charge is 0.480 e. The molecule has 0 saturated heterocycles. The molecule has 0 atom stereocenters. The SMILES string of the molecule is O=C(O)Cn1nnnc1SCc1cc(F)ccc1F. The van der Waals surface area contributed by atoms with Gasteiger partial charge in [0.1, 0.15) is 18.2 Å². The second-order valence-corrected chi connectivity index (χ2v) is 4.48. The van der Waals surface area contributed by atoms with Gasteiger partial charge in [0.15, 0.2) is 0 Å². The minimum absolute atomic E-state index is 0.101. The summed E-state index contributed by atoms with van der Waals surface area (Å²) in [7, 11) is 0. The van der Waals surface area contributed by atoms with E-state index in [0.717, 1.165) is 34.6 Å². The molecule has 0 amide bonds. The van der Waals surface area contributed by atoms with E-state index in [1.165, 1.54) is 0 Å². The van der Waals surface area contributed by atoms with Crippen molar-refractivity contribution in [3.05, 3.63) is 35.4 Å². The first kappa shape index (κ1) is 13.4. The quantitative estimate of drug-likeness (QED) is 0.835. The van der Waals surface area contributed by atoms with Crippen LogP contribution in [0.25, 0.3) is 0 Å². The van der Waals surface area contributed by atoms with Gasteiger partial charge in [-0.05, 0) is 28.6 Å². The van der Waals surface area contributed by atoms with E-state index in [0.29, 0.717) is 0 Å². The lowest BCUT2D eigenvalue weighted by molar-refractivity contribution is -0.138. The maximum atomic E-state index is 13.4. The van der Waals surface area contributed by atoms with Crippen LogP contribution in [0.3, 0.4) is 0 Å². The van der Waals surface area contributed by atoms with Crippen LogP contribution in [0.2, 0.25) is 0 Å². The molecular weight excluding hydrogens is 278 g/mol. The van der Waals surface area contributed by atoms with Crippen molar-refractivity contribution in [2.24, 2.45) is 0 Å². The third-order valence-corrected chi connectivity index (χ3v) is 3.15. The Morgan fingerprint density at radius 2 is 2.21 bits per heavy atom. The number of halogens is 2. The summed E-state index contributed by atoms with van der Waals surface area (Å²) in [5.74, 6) is -2.07. The number of benzene rings is 1. The summed E-state index contributed by atoms with van der Waals surface area (Å²) < 4.78 is 27.4. The van der Waals surface area contributed by atoms with Crippen LogP contribution in [-0.4, -0.2) is 31.3 Å². The zero-order chi connectivity index (χ0) is 13.8. The van der Waals surface area contributed by atoms with Gasteiger partial charge in [0.2, 0.25) is 5.16 Å². The molecule has 1 N–H and O–H groups in total. The summed E-state index contributed by atoms with van der Waals surface area (Å²) in [6, 6.07) is 3.14. The summed E-state index contributed by atoms with van der Waals surface area (Å²) in [6.07, 6.45) is 0. The number of aromatic nitrogens is 4. The van der Waals surface area contributed by atoms with Crippen LogP contribution < -0.4 is 0 Å². The highest BCUT2D eigenvalue weighted by atomic mass is 32.2. The van der Waals surface area contributed by atoms with E-state index in [-0.39, 0.29) is 23.0 Å². The Bertz CT molecular complexity index is 605. The molecule has 1 aromatic carbocycles. The van der Waals surface area contributed by atoms with Gasteiger partial charge in [-0.2, -0.15) is 0 Å². The van der Waals surface area contributed by atoms with Crippen molar-refractivity contribution in [3.63, 3.8) is 0 Å². The summed E-state index contributed by atoms with van der Waals surface area (Å²) in [5.41, 5.74) is 0.162. The molecule has 2 aromatic rings. The molecule has 0 spiro atoms. The van der Waals surface area contributed by atoms with Crippen LogP contribution >= 0.6 is 11.8 Å². The number of carboxylic acid groups (broad SMARTS) is 1. The molecule has 0 bridgehead atoms. The molecule has 0 aliphatic carbocycles. The molecular formula is C10H8F2N4O2S. The summed E-state index contributed by atoms with van der Waals surface area (Å²) in [6.45, 7) is -0.388. The molecule has 9 heteroatoms. The number of carbonyl (C=O) groups is 1. The summed E-state index contributed by atoms with van der Waals surface area (Å²) in [4.78, 5) is 10.6. The van der Waals surface area contributed by atoms with Crippen molar-refractivity contribution in [1.29, 1.82) is 0 Å². The molecule has 1 heterocycles. The van der Waals surface area contributed by atoms with Crippen LogP contribution in [-0.2, 0) is 17.1 Å². The normalized spacial score (nSPS) is 10.6. The van der Waals surface area contributed by atoms with Crippen molar-refractivity contribution >= 4 is 17.7 Å². The van der Waals surface area contributed by atoms with Gasteiger partial charge >= 0.3 is 5.97 Å². The fourth-order valence-electron chi connectivity index (χ4n) is 1.32. The number of thioether (sulfide) groups is 1. The smallest absolute Gasteiger partial charge is 0.325 e. The monoisotopic (exact) mass is 286 g/mol. The maximum absolute atomic E-state index is 13.4. The van der Waals surface area contributed by atoms with Gasteiger partial charge in [0.25, 0.3) is 0 Å². The average Bonchev–Trinajstić information content (AvgIpc) is 2.77. The van der Waals surface area contributed by atoms with Gasteiger partial charge in [-0.25, -0.2) is 13.5 Å². The Kier molecular flexibility index (Phi) is 4.05. The lowest BCUT2D eigenvalue weighted by atomic mass is 10.2. The molecule has 0 unspecified atom stereocenters. The second kappa shape index (κ2) is 5.74. The molecule has 19 heavy (non-hydrogen) atoms. The van der Waals surface area contributed by atoms with E-state index in [2.05, 4.69) is 15.5 Å². The first-order valence-electron chi connectivity index (χ1n) is 5.11. The Balaban J connectivity index is 2.08. The number of nitrogens with zero attached hydrogens (tertiary/aromatic N) is 4. The number of aliphatic carboxylic acids is 1. The summed E-state index contributed by atoms with van der Waals surface area (Å²) in [5, 5.41) is 19.3. The van der Waals surface area contributed by atoms with Gasteiger partial charge in [0, 0.05) is 11.3 Å². The van der Waals surface area contributed by atoms with E-state index < -0.39 is 17.6 Å². The van der Waals surface area contributed by atoms with Gasteiger partial charge < -0.3 is 5.11 Å². The Labute approximate surface area is 110 Å². The highest BCUT2D eigenvalue weighted by Gasteiger charge is 2.12. The number of tetrazole rings is 1. The predicted molar refractivity (Wildman–Crippen MR) is 61.4 cm³/mol. The number of hydrogen-bond donors (Lipinski definition) is 1. The standard InChI is InChI=1S/C10H8F2N4O2S/c11-7-1-2-8(12)6(3-7)5-19-10-13-14-15-16(10)4-9(17)18/h1-3H,4-5H2,(H,17,18). The molecule has 2 rings (SSSR count). The molecule has 0 saturated carbocycles. The average molecular weight is 286 g/mol. The van der Waals surface area contributed by atoms with Crippen molar-refractivity contribution < 1.29 is 18.7 Å². The fraction of sp³-hybridized carbons (Fsp3) is 0.200. The number of rotatable bonds is 5. The molecule has 0 radical (unpaired) electrons. The minimum Gasteiger partial charge on any atom is -0.480 e. The van der Waals surface area contributed by atoms with Crippen LogP contribution in [0, 0.1) is 11.6 Å². The molecule has 6 nitrogen and oxygen atoms in total. The molecule has 0 aliphatic heterocycles. The van der Waals surface area contributed by atoms with Gasteiger partial charge in [0.05, 0.1) is 0 Å². The first-order chi connectivity index (χ1) is 9.06. The summed E-state index contributed by atoms with van der Waals surface area (Å²) >= 11 is 1.03. The third-order valence-electron chi connectivity index (χ3n) is 2.15. The maximum Gasteiger partial charge on any atom is 0.325 e. The molecule has 1 aromatic heterocycles. The van der Waals surface area contributed by atoms with Crippen LogP contribution in [0.4, 0.5) is 8.78 Å². The third kappa shape index (κ3) is 3.47. The Morgan fingerprint density at radius 1 is 1.42 bits per heavy atom. The van der Waals surface area contributed by atoms with Gasteiger partial charge in [-0.3, -0.25) is 4.79 Å². The van der Waals surface area contributed by atoms with Crippen molar-refractivity contribution in [2.45, 2.75) is 17.5 Å². The van der Waals surface area contributed by atoms with E-state index >= 15 is 0 Å². The van der Waals surface area contributed by atoms with Gasteiger partial charge in [-0.15, -0.1) is 5.10 Å². The lowest BCUT2D eigenvalue weighted by Gasteiger charge is -2.03. The fourth-order valence-corrected chi connectivity index (χ4v) is 2.17. The number of hydrogen-bond acceptors (Lipinski definition) is 5. The van der Waals surface area contributed by atoms with Crippen LogP contribution in [0.15, 0.2) is 23.4 Å². The first-order valence-corrected chi connectivity index (χ1v) is 6.09. The molecule has 100 valence electrons. The second-order valence-electron chi connectivity index (χ2n) is 3.54. The van der Waals surface area contributed by atoms with Crippen molar-refractivity contribution in [2.75, 3.05) is 0 Å². The van der Waals surface area contributed by atoms with Crippen molar-refractivity contribution in [3.8, 4) is 0 Å². The van der Waals surface area contributed by atoms with Crippen LogP contribution in [0.5, 0.6) is 0 Å². The molecule has 0 aliphatic rings.